The average Bonchev–Trinajstić information content (AvgIpc) is 2.85. The molecule has 0 unspecified atom stereocenters. The van der Waals surface area contributed by atoms with Gasteiger partial charge in [-0.1, -0.05) is 12.8 Å². The minimum Gasteiger partial charge on any atom is -0.492 e. The van der Waals surface area contributed by atoms with E-state index in [1.54, 1.807) is 0 Å². The van der Waals surface area contributed by atoms with Crippen LogP contribution in [0.4, 0.5) is 5.69 Å². The number of anilines is 1. The Kier molecular flexibility index (Phi) is 4.26. The molecule has 1 aliphatic rings. The van der Waals surface area contributed by atoms with E-state index in [1.807, 2.05) is 24.3 Å². The highest BCUT2D eigenvalue weighted by Crippen LogP contribution is 2.22. The van der Waals surface area contributed by atoms with Crippen molar-refractivity contribution < 1.29 is 4.74 Å². The number of ether oxygens (including phenoxy) is 1. The van der Waals surface area contributed by atoms with Crippen LogP contribution >= 0.6 is 0 Å². The van der Waals surface area contributed by atoms with Crippen molar-refractivity contribution in [1.29, 1.82) is 0 Å². The molecule has 1 saturated carbocycles. The third kappa shape index (κ3) is 3.63. The third-order valence-electron chi connectivity index (χ3n) is 3.54. The quantitative estimate of drug-likeness (QED) is 0.796. The first-order chi connectivity index (χ1) is 8.25. The number of likely N-dealkylation sites (N-methyl/N-ethyl adjacent to an activating group) is 1. The van der Waals surface area contributed by atoms with Crippen molar-refractivity contribution in [3.05, 3.63) is 24.3 Å². The summed E-state index contributed by atoms with van der Waals surface area (Å²) in [4.78, 5) is 2.42. The van der Waals surface area contributed by atoms with E-state index in [2.05, 4.69) is 11.9 Å². The molecule has 3 heteroatoms. The van der Waals surface area contributed by atoms with Crippen molar-refractivity contribution in [1.82, 2.24) is 4.90 Å². The number of hydrogen-bond donors (Lipinski definition) is 1. The first-order valence-electron chi connectivity index (χ1n) is 6.44. The Morgan fingerprint density at radius 2 is 1.88 bits per heavy atom. The lowest BCUT2D eigenvalue weighted by molar-refractivity contribution is 0.193. The van der Waals surface area contributed by atoms with E-state index < -0.39 is 0 Å². The van der Waals surface area contributed by atoms with Crippen LogP contribution in [0.25, 0.3) is 0 Å². The van der Waals surface area contributed by atoms with Crippen LogP contribution in [0.3, 0.4) is 0 Å². The van der Waals surface area contributed by atoms with Gasteiger partial charge in [0.25, 0.3) is 0 Å². The van der Waals surface area contributed by atoms with Gasteiger partial charge in [-0.25, -0.2) is 0 Å². The van der Waals surface area contributed by atoms with Gasteiger partial charge in [-0.15, -0.1) is 0 Å². The molecule has 0 amide bonds. The molecule has 0 saturated heterocycles. The second kappa shape index (κ2) is 5.92. The van der Waals surface area contributed by atoms with Crippen molar-refractivity contribution >= 4 is 5.69 Å². The lowest BCUT2D eigenvalue weighted by atomic mass is 10.2. The van der Waals surface area contributed by atoms with Gasteiger partial charge in [0.1, 0.15) is 12.4 Å². The van der Waals surface area contributed by atoms with Gasteiger partial charge in [0.2, 0.25) is 0 Å². The van der Waals surface area contributed by atoms with Crippen LogP contribution in [0.15, 0.2) is 24.3 Å². The zero-order chi connectivity index (χ0) is 12.1. The number of nitrogens with zero attached hydrogens (tertiary/aromatic N) is 1. The van der Waals surface area contributed by atoms with E-state index in [9.17, 15) is 0 Å². The smallest absolute Gasteiger partial charge is 0.119 e. The minimum absolute atomic E-state index is 0.747. The maximum absolute atomic E-state index is 5.69. The molecule has 0 bridgehead atoms. The Morgan fingerprint density at radius 1 is 1.24 bits per heavy atom. The van der Waals surface area contributed by atoms with E-state index >= 15 is 0 Å². The first-order valence-corrected chi connectivity index (χ1v) is 6.44. The highest BCUT2D eigenvalue weighted by atomic mass is 16.5. The average molecular weight is 234 g/mol. The largest absolute Gasteiger partial charge is 0.492 e. The second-order valence-electron chi connectivity index (χ2n) is 4.84. The van der Waals surface area contributed by atoms with Crippen molar-refractivity contribution in [3.63, 3.8) is 0 Å². The minimum atomic E-state index is 0.747. The van der Waals surface area contributed by atoms with Crippen molar-refractivity contribution in [2.24, 2.45) is 0 Å². The molecule has 1 aromatic rings. The van der Waals surface area contributed by atoms with Crippen LogP contribution in [0.1, 0.15) is 25.7 Å². The van der Waals surface area contributed by atoms with Gasteiger partial charge in [0, 0.05) is 18.3 Å². The third-order valence-corrected chi connectivity index (χ3v) is 3.54. The van der Waals surface area contributed by atoms with Gasteiger partial charge in [-0.3, -0.25) is 0 Å². The van der Waals surface area contributed by atoms with Gasteiger partial charge in [-0.2, -0.15) is 0 Å². The predicted molar refractivity (Wildman–Crippen MR) is 71.2 cm³/mol. The van der Waals surface area contributed by atoms with Gasteiger partial charge in [0.15, 0.2) is 0 Å². The summed E-state index contributed by atoms with van der Waals surface area (Å²) in [7, 11) is 2.20. The Balaban J connectivity index is 1.70. The Morgan fingerprint density at radius 3 is 2.53 bits per heavy atom. The van der Waals surface area contributed by atoms with Gasteiger partial charge < -0.3 is 15.4 Å². The summed E-state index contributed by atoms with van der Waals surface area (Å²) in [5.41, 5.74) is 6.40. The van der Waals surface area contributed by atoms with Crippen LogP contribution in [-0.2, 0) is 0 Å². The fourth-order valence-corrected chi connectivity index (χ4v) is 2.40. The molecule has 0 aliphatic heterocycles. The normalized spacial score (nSPS) is 16.6. The van der Waals surface area contributed by atoms with E-state index in [-0.39, 0.29) is 0 Å². The standard InChI is InChI=1S/C14H22N2O/c1-16(13-4-2-3-5-13)10-11-17-14-8-6-12(15)7-9-14/h6-9,13H,2-5,10-11,15H2,1H3. The number of nitrogen functional groups attached to an aromatic ring is 1. The van der Waals surface area contributed by atoms with Crippen LogP contribution in [-0.4, -0.2) is 31.1 Å². The Labute approximate surface area is 104 Å². The zero-order valence-corrected chi connectivity index (χ0v) is 10.6. The summed E-state index contributed by atoms with van der Waals surface area (Å²) < 4.78 is 5.69. The van der Waals surface area contributed by atoms with Crippen LogP contribution in [0, 0.1) is 0 Å². The summed E-state index contributed by atoms with van der Waals surface area (Å²) in [5, 5.41) is 0. The first kappa shape index (κ1) is 12.2. The molecular formula is C14H22N2O. The van der Waals surface area contributed by atoms with E-state index in [4.69, 9.17) is 10.5 Å². The molecular weight excluding hydrogens is 212 g/mol. The fraction of sp³-hybridized carbons (Fsp3) is 0.571. The summed E-state index contributed by atoms with van der Waals surface area (Å²) in [6, 6.07) is 8.35. The predicted octanol–water partition coefficient (Wildman–Crippen LogP) is 2.52. The van der Waals surface area contributed by atoms with Crippen LogP contribution in [0.2, 0.25) is 0 Å². The summed E-state index contributed by atoms with van der Waals surface area (Å²) in [5.74, 6) is 0.902. The SMILES string of the molecule is CN(CCOc1ccc(N)cc1)C1CCCC1. The maximum Gasteiger partial charge on any atom is 0.119 e. The van der Waals surface area contributed by atoms with Crippen LogP contribution < -0.4 is 10.5 Å². The van der Waals surface area contributed by atoms with Crippen molar-refractivity contribution in [2.45, 2.75) is 31.7 Å². The monoisotopic (exact) mass is 234 g/mol. The molecule has 94 valence electrons. The van der Waals surface area contributed by atoms with Crippen molar-refractivity contribution in [2.75, 3.05) is 25.9 Å². The van der Waals surface area contributed by atoms with Gasteiger partial charge in [0.05, 0.1) is 0 Å². The van der Waals surface area contributed by atoms with Gasteiger partial charge in [-0.05, 0) is 44.2 Å². The summed E-state index contributed by atoms with van der Waals surface area (Å²) in [6.07, 6.45) is 5.46. The number of hydrogen-bond acceptors (Lipinski definition) is 3. The van der Waals surface area contributed by atoms with Gasteiger partial charge >= 0.3 is 0 Å². The Bertz CT molecular complexity index is 331. The molecule has 0 spiro atoms. The molecule has 2 N–H and O–H groups in total. The molecule has 2 rings (SSSR count). The molecule has 0 heterocycles. The van der Waals surface area contributed by atoms with E-state index in [0.29, 0.717) is 0 Å². The lowest BCUT2D eigenvalue weighted by Gasteiger charge is -2.23. The molecule has 0 radical (unpaired) electrons. The molecule has 1 aromatic carbocycles. The number of rotatable bonds is 5. The van der Waals surface area contributed by atoms with E-state index in [1.165, 1.54) is 25.7 Å². The topological polar surface area (TPSA) is 38.5 Å². The van der Waals surface area contributed by atoms with E-state index in [0.717, 1.165) is 30.6 Å². The lowest BCUT2D eigenvalue weighted by Crippen LogP contribution is -2.32. The Hall–Kier alpha value is -1.22. The van der Waals surface area contributed by atoms with Crippen molar-refractivity contribution in [3.8, 4) is 5.75 Å². The second-order valence-corrected chi connectivity index (χ2v) is 4.84. The molecule has 0 atom stereocenters. The number of nitrogens with two attached hydrogens (primary N) is 1. The van der Waals surface area contributed by atoms with Crippen LogP contribution in [0.5, 0.6) is 5.75 Å². The summed E-state index contributed by atoms with van der Waals surface area (Å²) in [6.45, 7) is 1.74. The molecule has 3 nitrogen and oxygen atoms in total. The maximum atomic E-state index is 5.69. The molecule has 1 fully saturated rings. The summed E-state index contributed by atoms with van der Waals surface area (Å²) >= 11 is 0. The molecule has 1 aliphatic carbocycles. The molecule has 17 heavy (non-hydrogen) atoms. The zero-order valence-electron chi connectivity index (χ0n) is 10.6. The highest BCUT2D eigenvalue weighted by Gasteiger charge is 2.18. The fourth-order valence-electron chi connectivity index (χ4n) is 2.40. The number of benzene rings is 1. The molecule has 0 aromatic heterocycles. The highest BCUT2D eigenvalue weighted by molar-refractivity contribution is 5.41.